The van der Waals surface area contributed by atoms with E-state index in [9.17, 15) is 29.4 Å². The van der Waals surface area contributed by atoms with Crippen molar-refractivity contribution in [3.05, 3.63) is 126 Å². The van der Waals surface area contributed by atoms with Crippen LogP contribution < -0.4 is 16.0 Å². The number of anilines is 2. The Balaban J connectivity index is 0.791. The minimum absolute atomic E-state index is 0.0290. The minimum Gasteiger partial charge on any atom is -0.478 e. The number of likely N-dealkylation sites (tertiary alicyclic amines) is 1. The zero-order chi connectivity index (χ0) is 48.7. The van der Waals surface area contributed by atoms with Crippen molar-refractivity contribution in [3.8, 4) is 33.0 Å². The van der Waals surface area contributed by atoms with Gasteiger partial charge in [-0.25, -0.2) is 19.4 Å². The van der Waals surface area contributed by atoms with Crippen molar-refractivity contribution in [3.63, 3.8) is 0 Å². The number of β-amino-alcohol motifs (C(OH)–C–C–N with tert-alkyl or cyclic N) is 1. The number of carboxylic acids is 1. The number of imidazole rings is 1. The minimum atomic E-state index is -0.996. The second-order valence-corrected chi connectivity index (χ2v) is 18.7. The van der Waals surface area contributed by atoms with Gasteiger partial charge in [0.15, 0.2) is 0 Å². The molecule has 3 amide bonds. The molecule has 5 heterocycles. The summed E-state index contributed by atoms with van der Waals surface area (Å²) in [5, 5.41) is 37.7. The number of carboxylic acid groups (broad SMARTS) is 1. The number of amides is 3. The van der Waals surface area contributed by atoms with Gasteiger partial charge in [-0.15, -0.1) is 16.4 Å². The van der Waals surface area contributed by atoms with Crippen molar-refractivity contribution in [2.24, 2.45) is 5.41 Å². The van der Waals surface area contributed by atoms with Gasteiger partial charge in [0.1, 0.15) is 41.5 Å². The zero-order valence-corrected chi connectivity index (χ0v) is 39.5. The van der Waals surface area contributed by atoms with Gasteiger partial charge in [-0.1, -0.05) is 80.6 Å². The molecule has 0 aliphatic carbocycles. The van der Waals surface area contributed by atoms with E-state index in [-0.39, 0.29) is 50.8 Å². The molecule has 19 heteroatoms. The number of benzene rings is 3. The molecule has 1 aliphatic heterocycles. The van der Waals surface area contributed by atoms with Crippen LogP contribution in [0.3, 0.4) is 0 Å². The van der Waals surface area contributed by atoms with Gasteiger partial charge >= 0.3 is 5.97 Å². The average molecular weight is 955 g/mol. The van der Waals surface area contributed by atoms with Crippen molar-refractivity contribution in [1.29, 1.82) is 0 Å². The lowest BCUT2D eigenvalue weighted by Crippen LogP contribution is -2.58. The van der Waals surface area contributed by atoms with Gasteiger partial charge < -0.3 is 40.5 Å². The molecule has 4 aromatic heterocycles. The van der Waals surface area contributed by atoms with Crippen molar-refractivity contribution in [2.75, 3.05) is 38.3 Å². The number of nitrogens with one attached hydrogen (secondary N) is 3. The molecule has 3 aromatic carbocycles. The van der Waals surface area contributed by atoms with Gasteiger partial charge in [-0.05, 0) is 59.9 Å². The van der Waals surface area contributed by atoms with E-state index in [1.54, 1.807) is 40.3 Å². The highest BCUT2D eigenvalue weighted by Crippen LogP contribution is 2.33. The largest absolute Gasteiger partial charge is 0.478 e. The van der Waals surface area contributed by atoms with E-state index in [0.717, 1.165) is 38.5 Å². The van der Waals surface area contributed by atoms with Crippen molar-refractivity contribution < 1.29 is 38.9 Å². The smallest absolute Gasteiger partial charge is 0.335 e. The number of aliphatic hydroxyl groups excluding tert-OH is 1. The maximum absolute atomic E-state index is 14.0. The van der Waals surface area contributed by atoms with Crippen LogP contribution in [0.1, 0.15) is 48.8 Å². The molecule has 1 aliphatic rings. The van der Waals surface area contributed by atoms with Gasteiger partial charge in [-0.2, -0.15) is 0 Å². The standard InChI is InChI=1S/C50H54N10O8S/c1-31-44(69-30-52-31)34-12-10-32(11-13-34)26-51-47(63)40-25-38(61)27-60(40)48(64)45(50(2,3)4)55-42(62)29-68-23-22-67-21-20-58-28-39(56-57-58)36-18-19-59-41(24-36)54-43(33-8-6-5-7-9-33)46(59)53-37-16-14-35(15-17-37)49(65)66/h5-19,24,28,30,38,40,45,53,61H,20-23,25-27,29H2,1-4H3,(H,51,63)(H,55,62)(H,65,66)/t38-,40+,45?/m1/s1. The molecule has 1 saturated heterocycles. The summed E-state index contributed by atoms with van der Waals surface area (Å²) in [6.07, 6.45) is 2.91. The Labute approximate surface area is 402 Å². The van der Waals surface area contributed by atoms with E-state index in [2.05, 4.69) is 31.2 Å². The lowest BCUT2D eigenvalue weighted by atomic mass is 9.85. The van der Waals surface area contributed by atoms with E-state index in [4.69, 9.17) is 14.5 Å². The maximum atomic E-state index is 14.0. The van der Waals surface area contributed by atoms with E-state index in [0.29, 0.717) is 36.0 Å². The third kappa shape index (κ3) is 11.7. The maximum Gasteiger partial charge on any atom is 0.335 e. The average Bonchev–Trinajstić information content (AvgIpc) is 4.16. The molecule has 7 aromatic rings. The Morgan fingerprint density at radius 1 is 0.913 bits per heavy atom. The molecule has 358 valence electrons. The molecule has 8 rings (SSSR count). The Bertz CT molecular complexity index is 2910. The number of ether oxygens (including phenoxy) is 2. The van der Waals surface area contributed by atoms with E-state index in [1.807, 2.05) is 117 Å². The summed E-state index contributed by atoms with van der Waals surface area (Å²) < 4.78 is 14.9. The number of carbonyl (C=O) groups excluding carboxylic acids is 3. The molecule has 1 fully saturated rings. The normalized spacial score (nSPS) is 15.3. The number of thiazole rings is 1. The number of aromatic nitrogens is 6. The van der Waals surface area contributed by atoms with Crippen LogP contribution in [0.4, 0.5) is 11.5 Å². The van der Waals surface area contributed by atoms with E-state index < -0.39 is 41.4 Å². The van der Waals surface area contributed by atoms with Crippen LogP contribution in [0.2, 0.25) is 0 Å². The number of hydrogen-bond donors (Lipinski definition) is 5. The molecule has 69 heavy (non-hydrogen) atoms. The van der Waals surface area contributed by atoms with Crippen LogP contribution in [-0.4, -0.2) is 119 Å². The predicted octanol–water partition coefficient (Wildman–Crippen LogP) is 5.98. The first kappa shape index (κ1) is 48.1. The van der Waals surface area contributed by atoms with Gasteiger partial charge in [0.25, 0.3) is 0 Å². The van der Waals surface area contributed by atoms with Crippen LogP contribution in [0, 0.1) is 12.3 Å². The number of rotatable bonds is 19. The highest BCUT2D eigenvalue weighted by Gasteiger charge is 2.44. The highest BCUT2D eigenvalue weighted by atomic mass is 32.1. The predicted molar refractivity (Wildman–Crippen MR) is 260 cm³/mol. The fourth-order valence-electron chi connectivity index (χ4n) is 8.02. The number of hydrogen-bond acceptors (Lipinski definition) is 13. The van der Waals surface area contributed by atoms with Gasteiger partial charge in [0.2, 0.25) is 17.7 Å². The Kier molecular flexibility index (Phi) is 14.9. The van der Waals surface area contributed by atoms with Crippen LogP contribution in [0.25, 0.3) is 38.6 Å². The monoisotopic (exact) mass is 954 g/mol. The summed E-state index contributed by atoms with van der Waals surface area (Å²) in [6.45, 7) is 8.38. The van der Waals surface area contributed by atoms with Crippen LogP contribution in [0.15, 0.2) is 109 Å². The molecule has 0 spiro atoms. The second kappa shape index (κ2) is 21.3. The number of carbonyl (C=O) groups is 4. The Hall–Kier alpha value is -7.32. The van der Waals surface area contributed by atoms with Crippen molar-refractivity contribution >= 4 is 52.2 Å². The Morgan fingerprint density at radius 2 is 1.67 bits per heavy atom. The molecule has 3 atom stereocenters. The molecule has 1 unspecified atom stereocenters. The first-order valence-electron chi connectivity index (χ1n) is 22.5. The number of aryl methyl sites for hydroxylation is 1. The summed E-state index contributed by atoms with van der Waals surface area (Å²) in [4.78, 5) is 63.7. The van der Waals surface area contributed by atoms with Crippen LogP contribution in [0.5, 0.6) is 0 Å². The van der Waals surface area contributed by atoms with Crippen LogP contribution >= 0.6 is 11.3 Å². The second-order valence-electron chi connectivity index (χ2n) is 17.8. The summed E-state index contributed by atoms with van der Waals surface area (Å²) in [5.41, 5.74) is 8.61. The molecule has 0 radical (unpaired) electrons. The fourth-order valence-corrected chi connectivity index (χ4v) is 8.83. The summed E-state index contributed by atoms with van der Waals surface area (Å²) in [7, 11) is 0. The summed E-state index contributed by atoms with van der Waals surface area (Å²) in [6, 6.07) is 26.1. The molecular weight excluding hydrogens is 901 g/mol. The molecule has 0 bridgehead atoms. The number of aromatic carboxylic acids is 1. The van der Waals surface area contributed by atoms with Crippen LogP contribution in [-0.2, 0) is 36.9 Å². The molecule has 5 N–H and O–H groups in total. The number of aliphatic hydroxyl groups is 1. The molecular formula is C50H54N10O8S. The van der Waals surface area contributed by atoms with Crippen molar-refractivity contribution in [1.82, 2.24) is 44.9 Å². The van der Waals surface area contributed by atoms with E-state index >= 15 is 0 Å². The van der Waals surface area contributed by atoms with Gasteiger partial charge in [0.05, 0.1) is 60.3 Å². The highest BCUT2D eigenvalue weighted by molar-refractivity contribution is 7.13. The number of fused-ring (bicyclic) bond motifs is 1. The zero-order valence-electron chi connectivity index (χ0n) is 38.7. The SMILES string of the molecule is Cc1ncsc1-c1ccc(CNC(=O)[C@@H]2C[C@@H](O)CN2C(=O)C(NC(=O)COCCOCCn2cc(-c3ccn4c(Nc5ccc(C(=O)O)cc5)c(-c5ccccc5)nc4c3)nn2)C(C)(C)C)cc1. The summed E-state index contributed by atoms with van der Waals surface area (Å²) >= 11 is 1.57. The van der Waals surface area contributed by atoms with E-state index in [1.165, 1.54) is 4.90 Å². The third-order valence-corrected chi connectivity index (χ3v) is 12.7. The lowest BCUT2D eigenvalue weighted by molar-refractivity contribution is -0.144. The first-order chi connectivity index (χ1) is 33.2. The van der Waals surface area contributed by atoms with Crippen molar-refractivity contribution in [2.45, 2.75) is 65.4 Å². The Morgan fingerprint density at radius 3 is 2.38 bits per heavy atom. The topological polar surface area (TPSA) is 227 Å². The number of pyridine rings is 1. The summed E-state index contributed by atoms with van der Waals surface area (Å²) in [5.74, 6) is -1.62. The number of nitrogens with zero attached hydrogens (tertiary/aromatic N) is 7. The fraction of sp³-hybridized carbons (Fsp3) is 0.320. The molecule has 0 saturated carbocycles. The first-order valence-corrected chi connectivity index (χ1v) is 23.4. The van der Waals surface area contributed by atoms with Gasteiger partial charge in [0, 0.05) is 42.5 Å². The quantitative estimate of drug-likeness (QED) is 0.0589. The third-order valence-electron chi connectivity index (χ3n) is 11.7. The van der Waals surface area contributed by atoms with Gasteiger partial charge in [-0.3, -0.25) is 18.8 Å². The lowest BCUT2D eigenvalue weighted by Gasteiger charge is -2.35. The molecule has 18 nitrogen and oxygen atoms in total.